The molecule has 5 nitrogen and oxygen atoms in total. The first-order valence-electron chi connectivity index (χ1n) is 6.95. The van der Waals surface area contributed by atoms with Gasteiger partial charge < -0.3 is 11.1 Å². The van der Waals surface area contributed by atoms with Crippen LogP contribution in [0.3, 0.4) is 0 Å². The maximum absolute atomic E-state index is 11.9. The molecule has 0 spiro atoms. The summed E-state index contributed by atoms with van der Waals surface area (Å²) < 4.78 is 25.0. The Morgan fingerprint density at radius 1 is 1.05 bits per heavy atom. The summed E-state index contributed by atoms with van der Waals surface area (Å²) in [6.07, 6.45) is 4.50. The number of hydrogen-bond donors (Lipinski definition) is 2. The summed E-state index contributed by atoms with van der Waals surface area (Å²) in [7, 11) is -0.274. The average Bonchev–Trinajstić information content (AvgIpc) is 2.43. The predicted octanol–water partition coefficient (Wildman–Crippen LogP) is 1.87. The zero-order chi connectivity index (χ0) is 15.0. The minimum absolute atomic E-state index is 0.316. The molecule has 1 aromatic rings. The molecule has 0 aromatic heterocycles. The lowest BCUT2D eigenvalue weighted by molar-refractivity contribution is 0.521. The molecule has 0 aliphatic rings. The highest BCUT2D eigenvalue weighted by Gasteiger charge is 2.16. The van der Waals surface area contributed by atoms with Gasteiger partial charge in [0.05, 0.1) is 4.90 Å². The van der Waals surface area contributed by atoms with E-state index in [0.29, 0.717) is 4.90 Å². The van der Waals surface area contributed by atoms with Crippen molar-refractivity contribution in [2.24, 2.45) is 5.73 Å². The van der Waals surface area contributed by atoms with E-state index < -0.39 is 10.0 Å². The summed E-state index contributed by atoms with van der Waals surface area (Å²) >= 11 is 0. The molecule has 6 heteroatoms. The van der Waals surface area contributed by atoms with Crippen molar-refractivity contribution in [3.63, 3.8) is 0 Å². The van der Waals surface area contributed by atoms with Crippen LogP contribution in [-0.4, -0.2) is 39.9 Å². The second kappa shape index (κ2) is 8.24. The Morgan fingerprint density at radius 2 is 1.65 bits per heavy atom. The van der Waals surface area contributed by atoms with E-state index in [9.17, 15) is 8.42 Å². The van der Waals surface area contributed by atoms with E-state index in [1.165, 1.54) is 18.4 Å². The molecule has 0 saturated heterocycles. The summed E-state index contributed by atoms with van der Waals surface area (Å²) in [5.74, 6) is 0. The first-order valence-corrected chi connectivity index (χ1v) is 8.39. The SMILES string of the molecule is CN(C)S(=O)(=O)c1ccc(NCCCCCCN)cc1. The molecule has 114 valence electrons. The number of anilines is 1. The van der Waals surface area contributed by atoms with Gasteiger partial charge in [0.15, 0.2) is 0 Å². The first-order chi connectivity index (χ1) is 9.48. The fraction of sp³-hybridized carbons (Fsp3) is 0.571. The smallest absolute Gasteiger partial charge is 0.242 e. The molecule has 20 heavy (non-hydrogen) atoms. The van der Waals surface area contributed by atoms with Crippen molar-refractivity contribution in [1.29, 1.82) is 0 Å². The van der Waals surface area contributed by atoms with Gasteiger partial charge in [-0.1, -0.05) is 12.8 Å². The molecule has 0 unspecified atom stereocenters. The number of sulfonamides is 1. The molecule has 1 aromatic carbocycles. The normalized spacial score (nSPS) is 11.8. The molecule has 0 amide bonds. The second-order valence-electron chi connectivity index (χ2n) is 4.94. The van der Waals surface area contributed by atoms with Crippen LogP contribution in [0.2, 0.25) is 0 Å². The molecule has 3 N–H and O–H groups in total. The molecule has 0 aliphatic carbocycles. The van der Waals surface area contributed by atoms with Crippen molar-refractivity contribution in [3.8, 4) is 0 Å². The first kappa shape index (κ1) is 16.9. The Labute approximate surface area is 122 Å². The van der Waals surface area contributed by atoms with Gasteiger partial charge in [-0.15, -0.1) is 0 Å². The van der Waals surface area contributed by atoms with Gasteiger partial charge in [0.2, 0.25) is 10.0 Å². The second-order valence-corrected chi connectivity index (χ2v) is 7.09. The fourth-order valence-corrected chi connectivity index (χ4v) is 2.71. The summed E-state index contributed by atoms with van der Waals surface area (Å²) in [4.78, 5) is 0.316. The highest BCUT2D eigenvalue weighted by atomic mass is 32.2. The monoisotopic (exact) mass is 299 g/mol. The minimum atomic E-state index is -3.34. The lowest BCUT2D eigenvalue weighted by Crippen LogP contribution is -2.22. The third-order valence-electron chi connectivity index (χ3n) is 3.09. The van der Waals surface area contributed by atoms with Crippen LogP contribution < -0.4 is 11.1 Å². The van der Waals surface area contributed by atoms with Gasteiger partial charge in [0.1, 0.15) is 0 Å². The van der Waals surface area contributed by atoms with Crippen LogP contribution >= 0.6 is 0 Å². The van der Waals surface area contributed by atoms with Crippen molar-refractivity contribution >= 4 is 15.7 Å². The van der Waals surface area contributed by atoms with Gasteiger partial charge >= 0.3 is 0 Å². The Kier molecular flexibility index (Phi) is 6.98. The molecule has 0 bridgehead atoms. The molecule has 1 rings (SSSR count). The quantitative estimate of drug-likeness (QED) is 0.683. The number of nitrogens with one attached hydrogen (secondary N) is 1. The van der Waals surface area contributed by atoms with E-state index in [-0.39, 0.29) is 0 Å². The Bertz CT molecular complexity index is 484. The molecular weight excluding hydrogens is 274 g/mol. The van der Waals surface area contributed by atoms with Crippen molar-refractivity contribution in [2.75, 3.05) is 32.5 Å². The van der Waals surface area contributed by atoms with Crippen LogP contribution in [0.4, 0.5) is 5.69 Å². The summed E-state index contributed by atoms with van der Waals surface area (Å²) in [6.45, 7) is 1.65. The van der Waals surface area contributed by atoms with E-state index in [1.807, 2.05) is 0 Å². The molecule has 0 radical (unpaired) electrons. The van der Waals surface area contributed by atoms with Gasteiger partial charge in [-0.05, 0) is 43.7 Å². The van der Waals surface area contributed by atoms with E-state index in [4.69, 9.17) is 5.73 Å². The van der Waals surface area contributed by atoms with Crippen molar-refractivity contribution in [3.05, 3.63) is 24.3 Å². The highest BCUT2D eigenvalue weighted by Crippen LogP contribution is 2.16. The van der Waals surface area contributed by atoms with E-state index in [2.05, 4.69) is 5.32 Å². The lowest BCUT2D eigenvalue weighted by Gasteiger charge is -2.12. The number of rotatable bonds is 9. The van der Waals surface area contributed by atoms with Crippen LogP contribution in [0.25, 0.3) is 0 Å². The number of unbranched alkanes of at least 4 members (excludes halogenated alkanes) is 3. The molecular formula is C14H25N3O2S. The van der Waals surface area contributed by atoms with Crippen molar-refractivity contribution in [1.82, 2.24) is 4.31 Å². The third kappa shape index (κ3) is 5.11. The number of benzene rings is 1. The van der Waals surface area contributed by atoms with Crippen LogP contribution in [0.15, 0.2) is 29.2 Å². The van der Waals surface area contributed by atoms with E-state index in [1.54, 1.807) is 24.3 Å². The minimum Gasteiger partial charge on any atom is -0.385 e. The molecule has 0 atom stereocenters. The number of hydrogen-bond acceptors (Lipinski definition) is 4. The van der Waals surface area contributed by atoms with Crippen LogP contribution in [0, 0.1) is 0 Å². The van der Waals surface area contributed by atoms with Crippen LogP contribution in [-0.2, 0) is 10.0 Å². The number of nitrogens with two attached hydrogens (primary N) is 1. The van der Waals surface area contributed by atoms with Crippen molar-refractivity contribution in [2.45, 2.75) is 30.6 Å². The maximum Gasteiger partial charge on any atom is 0.242 e. The van der Waals surface area contributed by atoms with Gasteiger partial charge in [-0.3, -0.25) is 0 Å². The zero-order valence-corrected chi connectivity index (χ0v) is 13.1. The molecule has 0 aliphatic heterocycles. The van der Waals surface area contributed by atoms with Crippen LogP contribution in [0.1, 0.15) is 25.7 Å². The Balaban J connectivity index is 2.44. The Hall–Kier alpha value is -1.11. The van der Waals surface area contributed by atoms with Crippen LogP contribution in [0.5, 0.6) is 0 Å². The summed E-state index contributed by atoms with van der Waals surface area (Å²) in [5.41, 5.74) is 6.38. The zero-order valence-electron chi connectivity index (χ0n) is 12.3. The van der Waals surface area contributed by atoms with E-state index >= 15 is 0 Å². The summed E-state index contributed by atoms with van der Waals surface area (Å²) in [6, 6.07) is 6.87. The highest BCUT2D eigenvalue weighted by molar-refractivity contribution is 7.89. The van der Waals surface area contributed by atoms with Gasteiger partial charge in [-0.2, -0.15) is 0 Å². The molecule has 0 heterocycles. The molecule has 0 saturated carbocycles. The standard InChI is InChI=1S/C14H25N3O2S/c1-17(2)20(18,19)14-9-7-13(8-10-14)16-12-6-4-3-5-11-15/h7-10,16H,3-6,11-12,15H2,1-2H3. The largest absolute Gasteiger partial charge is 0.385 e. The van der Waals surface area contributed by atoms with Gasteiger partial charge in [0.25, 0.3) is 0 Å². The fourth-order valence-electron chi connectivity index (χ4n) is 1.81. The molecule has 0 fully saturated rings. The summed E-state index contributed by atoms with van der Waals surface area (Å²) in [5, 5.41) is 3.29. The number of nitrogens with zero attached hydrogens (tertiary/aromatic N) is 1. The maximum atomic E-state index is 11.9. The third-order valence-corrected chi connectivity index (χ3v) is 4.92. The van der Waals surface area contributed by atoms with Gasteiger partial charge in [0, 0.05) is 26.3 Å². The van der Waals surface area contributed by atoms with Crippen molar-refractivity contribution < 1.29 is 8.42 Å². The predicted molar refractivity (Wildman–Crippen MR) is 83.3 cm³/mol. The van der Waals surface area contributed by atoms with Gasteiger partial charge in [-0.25, -0.2) is 12.7 Å². The van der Waals surface area contributed by atoms with E-state index in [0.717, 1.165) is 44.5 Å². The topological polar surface area (TPSA) is 75.4 Å². The Morgan fingerprint density at radius 3 is 2.20 bits per heavy atom. The average molecular weight is 299 g/mol. The lowest BCUT2D eigenvalue weighted by atomic mass is 10.2.